The van der Waals surface area contributed by atoms with Crippen molar-refractivity contribution in [3.05, 3.63) is 56.0 Å². The van der Waals surface area contributed by atoms with Gasteiger partial charge in [-0.3, -0.25) is 4.79 Å². The van der Waals surface area contributed by atoms with Gasteiger partial charge in [-0.15, -0.1) is 16.4 Å². The zero-order valence-corrected chi connectivity index (χ0v) is 10.8. The predicted octanol–water partition coefficient (Wildman–Crippen LogP) is 2.55. The van der Waals surface area contributed by atoms with E-state index in [0.29, 0.717) is 21.8 Å². The first-order chi connectivity index (χ1) is 8.74. The second-order valence-corrected chi connectivity index (χ2v) is 5.57. The molecule has 2 heterocycles. The van der Waals surface area contributed by atoms with E-state index in [-0.39, 0.29) is 5.56 Å². The molecule has 1 aromatic carbocycles. The van der Waals surface area contributed by atoms with Crippen LogP contribution in [0.25, 0.3) is 10.9 Å². The number of hydrogen-bond donors (Lipinski definition) is 0. The highest BCUT2D eigenvalue weighted by Crippen LogP contribution is 2.21. The fourth-order valence-electron chi connectivity index (χ4n) is 1.71. The fraction of sp³-hybridized carbons (Fsp3) is 0.0833. The second-order valence-electron chi connectivity index (χ2n) is 3.78. The smallest absolute Gasteiger partial charge is 0.267 e. The molecule has 0 radical (unpaired) electrons. The van der Waals surface area contributed by atoms with Crippen molar-refractivity contribution in [3.63, 3.8) is 0 Å². The van der Waals surface area contributed by atoms with Crippen molar-refractivity contribution in [2.24, 2.45) is 0 Å². The van der Waals surface area contributed by atoms with Crippen LogP contribution in [-0.2, 0) is 6.54 Å². The Kier molecular flexibility index (Phi) is 2.85. The highest BCUT2D eigenvalue weighted by atomic mass is 35.5. The van der Waals surface area contributed by atoms with Crippen LogP contribution >= 0.6 is 22.9 Å². The Hall–Kier alpha value is -1.72. The molecule has 0 N–H and O–H groups in total. The number of halogens is 1. The van der Waals surface area contributed by atoms with Crippen molar-refractivity contribution in [3.8, 4) is 0 Å². The Labute approximate surface area is 111 Å². The molecule has 0 aliphatic carbocycles. The number of hydrogen-bond acceptors (Lipinski definition) is 4. The van der Waals surface area contributed by atoms with Crippen LogP contribution < -0.4 is 5.56 Å². The summed E-state index contributed by atoms with van der Waals surface area (Å²) >= 11 is 7.29. The normalized spacial score (nSPS) is 10.9. The van der Waals surface area contributed by atoms with Gasteiger partial charge < -0.3 is 0 Å². The maximum absolute atomic E-state index is 12.2. The highest BCUT2D eigenvalue weighted by molar-refractivity contribution is 7.16. The molecule has 3 rings (SSSR count). The minimum Gasteiger partial charge on any atom is -0.267 e. The molecule has 2 aromatic heterocycles. The average Bonchev–Trinajstić information content (AvgIpc) is 2.79. The van der Waals surface area contributed by atoms with Gasteiger partial charge in [0.1, 0.15) is 5.52 Å². The van der Waals surface area contributed by atoms with Crippen molar-refractivity contribution in [1.29, 1.82) is 0 Å². The van der Waals surface area contributed by atoms with Gasteiger partial charge in [-0.05, 0) is 24.3 Å². The molecule has 4 nitrogen and oxygen atoms in total. The third-order valence-corrected chi connectivity index (χ3v) is 3.78. The van der Waals surface area contributed by atoms with E-state index in [1.165, 1.54) is 16.0 Å². The van der Waals surface area contributed by atoms with Crippen molar-refractivity contribution >= 4 is 33.8 Å². The lowest BCUT2D eigenvalue weighted by atomic mass is 10.2. The van der Waals surface area contributed by atoms with Crippen LogP contribution in [0.1, 0.15) is 4.88 Å². The quantitative estimate of drug-likeness (QED) is 0.723. The van der Waals surface area contributed by atoms with Crippen LogP contribution in [0.3, 0.4) is 0 Å². The molecule has 0 bridgehead atoms. The fourth-order valence-corrected chi connectivity index (χ4v) is 2.78. The molecule has 0 saturated heterocycles. The molecular formula is C12H8ClN3OS. The van der Waals surface area contributed by atoms with Crippen LogP contribution in [-0.4, -0.2) is 15.0 Å². The number of aromatic nitrogens is 3. The van der Waals surface area contributed by atoms with Gasteiger partial charge in [0, 0.05) is 4.88 Å². The summed E-state index contributed by atoms with van der Waals surface area (Å²) in [4.78, 5) is 13.2. The van der Waals surface area contributed by atoms with Crippen molar-refractivity contribution in [2.45, 2.75) is 6.54 Å². The van der Waals surface area contributed by atoms with Crippen molar-refractivity contribution in [2.75, 3.05) is 0 Å². The van der Waals surface area contributed by atoms with E-state index in [1.54, 1.807) is 18.2 Å². The minimum absolute atomic E-state index is 0.134. The summed E-state index contributed by atoms with van der Waals surface area (Å²) in [7, 11) is 0. The molecule has 6 heteroatoms. The molecule has 0 atom stereocenters. The summed E-state index contributed by atoms with van der Waals surface area (Å²) in [5.74, 6) is 0. The van der Waals surface area contributed by atoms with Gasteiger partial charge in [-0.2, -0.15) is 0 Å². The lowest BCUT2D eigenvalue weighted by molar-refractivity contribution is 0.606. The summed E-state index contributed by atoms with van der Waals surface area (Å²) in [6.45, 7) is 0.397. The molecule has 18 heavy (non-hydrogen) atoms. The predicted molar refractivity (Wildman–Crippen MR) is 72.2 cm³/mol. The molecule has 0 fully saturated rings. The molecule has 0 aliphatic rings. The topological polar surface area (TPSA) is 47.8 Å². The minimum atomic E-state index is -0.134. The third-order valence-electron chi connectivity index (χ3n) is 2.56. The number of rotatable bonds is 2. The first-order valence-electron chi connectivity index (χ1n) is 5.31. The Balaban J connectivity index is 2.08. The zero-order valence-electron chi connectivity index (χ0n) is 9.21. The van der Waals surface area contributed by atoms with Gasteiger partial charge in [0.25, 0.3) is 5.56 Å². The lowest BCUT2D eigenvalue weighted by Gasteiger charge is -2.02. The van der Waals surface area contributed by atoms with E-state index < -0.39 is 0 Å². The standard InChI is InChI=1S/C12H8ClN3OS/c13-11-6-5-8(18-11)7-16-12(17)9-3-1-2-4-10(9)14-15-16/h1-6H,7H2. The molecule has 0 aliphatic heterocycles. The van der Waals surface area contributed by atoms with Gasteiger partial charge in [-0.25, -0.2) is 4.68 Å². The van der Waals surface area contributed by atoms with Gasteiger partial charge in [0.05, 0.1) is 16.3 Å². The van der Waals surface area contributed by atoms with Crippen LogP contribution in [0.5, 0.6) is 0 Å². The second kappa shape index (κ2) is 4.51. The number of nitrogens with zero attached hydrogens (tertiary/aromatic N) is 3. The van der Waals surface area contributed by atoms with Crippen molar-refractivity contribution < 1.29 is 0 Å². The van der Waals surface area contributed by atoms with E-state index in [0.717, 1.165) is 4.88 Å². The van der Waals surface area contributed by atoms with Gasteiger partial charge in [0.2, 0.25) is 0 Å². The maximum Gasteiger partial charge on any atom is 0.277 e. The first-order valence-corrected chi connectivity index (χ1v) is 6.50. The lowest BCUT2D eigenvalue weighted by Crippen LogP contribution is -2.24. The number of benzene rings is 1. The largest absolute Gasteiger partial charge is 0.277 e. The SMILES string of the molecule is O=c1c2ccccc2nnn1Cc1ccc(Cl)s1. The van der Waals surface area contributed by atoms with E-state index in [9.17, 15) is 4.79 Å². The molecule has 0 unspecified atom stereocenters. The van der Waals surface area contributed by atoms with E-state index in [2.05, 4.69) is 10.3 Å². The molecular weight excluding hydrogens is 270 g/mol. The number of thiophene rings is 1. The Morgan fingerprint density at radius 2 is 2.06 bits per heavy atom. The third kappa shape index (κ3) is 2.02. The van der Waals surface area contributed by atoms with E-state index in [4.69, 9.17) is 11.6 Å². The summed E-state index contributed by atoms with van der Waals surface area (Å²) in [5, 5.41) is 8.54. The number of fused-ring (bicyclic) bond motifs is 1. The summed E-state index contributed by atoms with van der Waals surface area (Å²) < 4.78 is 2.05. The van der Waals surface area contributed by atoms with Crippen LogP contribution in [0.4, 0.5) is 0 Å². The monoisotopic (exact) mass is 277 g/mol. The molecule has 3 aromatic rings. The average molecular weight is 278 g/mol. The highest BCUT2D eigenvalue weighted by Gasteiger charge is 2.06. The molecule has 0 spiro atoms. The maximum atomic E-state index is 12.2. The van der Waals surface area contributed by atoms with E-state index in [1.807, 2.05) is 18.2 Å². The Morgan fingerprint density at radius 1 is 1.22 bits per heavy atom. The van der Waals surface area contributed by atoms with Crippen LogP contribution in [0.2, 0.25) is 4.34 Å². The Bertz CT molecular complexity index is 765. The van der Waals surface area contributed by atoms with Crippen LogP contribution in [0, 0.1) is 0 Å². The van der Waals surface area contributed by atoms with Crippen molar-refractivity contribution in [1.82, 2.24) is 15.0 Å². The summed E-state index contributed by atoms with van der Waals surface area (Å²) in [5.41, 5.74) is 0.480. The summed E-state index contributed by atoms with van der Waals surface area (Å²) in [6.07, 6.45) is 0. The first kappa shape index (κ1) is 11.4. The summed E-state index contributed by atoms with van der Waals surface area (Å²) in [6, 6.07) is 10.9. The van der Waals surface area contributed by atoms with Gasteiger partial charge >= 0.3 is 0 Å². The molecule has 0 amide bonds. The van der Waals surface area contributed by atoms with Gasteiger partial charge in [0.15, 0.2) is 0 Å². The van der Waals surface area contributed by atoms with E-state index >= 15 is 0 Å². The van der Waals surface area contributed by atoms with Crippen LogP contribution in [0.15, 0.2) is 41.2 Å². The molecule has 0 saturated carbocycles. The van der Waals surface area contributed by atoms with Gasteiger partial charge in [-0.1, -0.05) is 28.9 Å². The zero-order chi connectivity index (χ0) is 12.5. The molecule has 90 valence electrons. The Morgan fingerprint density at radius 3 is 2.83 bits per heavy atom.